The number of halogens is 1. The molecule has 1 heterocycles. The SMILES string of the molecule is CN(CCN1CCCC1)c1ccc(CNC2CC2)c(Br)c1. The topological polar surface area (TPSA) is 18.5 Å². The summed E-state index contributed by atoms with van der Waals surface area (Å²) in [6.07, 6.45) is 5.43. The van der Waals surface area contributed by atoms with Crippen LogP contribution in [0.5, 0.6) is 0 Å². The molecule has 0 spiro atoms. The van der Waals surface area contributed by atoms with E-state index in [4.69, 9.17) is 0 Å². The van der Waals surface area contributed by atoms with Crippen LogP contribution in [0.4, 0.5) is 5.69 Å². The highest BCUT2D eigenvalue weighted by Crippen LogP contribution is 2.25. The van der Waals surface area contributed by atoms with Crippen molar-refractivity contribution in [2.45, 2.75) is 38.3 Å². The first-order chi connectivity index (χ1) is 10.2. The predicted octanol–water partition coefficient (Wildman–Crippen LogP) is 3.23. The van der Waals surface area contributed by atoms with Gasteiger partial charge in [0.15, 0.2) is 0 Å². The fraction of sp³-hybridized carbons (Fsp3) is 0.647. The largest absolute Gasteiger partial charge is 0.373 e. The molecule has 1 aromatic carbocycles. The van der Waals surface area contributed by atoms with Crippen LogP contribution in [0.2, 0.25) is 0 Å². The van der Waals surface area contributed by atoms with Gasteiger partial charge in [-0.3, -0.25) is 0 Å². The van der Waals surface area contributed by atoms with Crippen molar-refractivity contribution >= 4 is 21.6 Å². The van der Waals surface area contributed by atoms with Gasteiger partial charge in [0.25, 0.3) is 0 Å². The molecule has 0 amide bonds. The molecule has 1 saturated carbocycles. The van der Waals surface area contributed by atoms with Crippen molar-refractivity contribution in [3.63, 3.8) is 0 Å². The number of likely N-dealkylation sites (tertiary alicyclic amines) is 1. The molecule has 1 N–H and O–H groups in total. The molecule has 1 saturated heterocycles. The summed E-state index contributed by atoms with van der Waals surface area (Å²) in [6, 6.07) is 7.52. The smallest absolute Gasteiger partial charge is 0.0375 e. The molecule has 1 aliphatic carbocycles. The first-order valence-corrected chi connectivity index (χ1v) is 8.97. The fourth-order valence-corrected chi connectivity index (χ4v) is 3.39. The van der Waals surface area contributed by atoms with Gasteiger partial charge in [0.2, 0.25) is 0 Å². The predicted molar refractivity (Wildman–Crippen MR) is 92.9 cm³/mol. The number of hydrogen-bond donors (Lipinski definition) is 1. The lowest BCUT2D eigenvalue weighted by atomic mass is 10.2. The molecule has 3 rings (SSSR count). The molecule has 4 heteroatoms. The summed E-state index contributed by atoms with van der Waals surface area (Å²) in [5.41, 5.74) is 2.66. The van der Waals surface area contributed by atoms with Gasteiger partial charge in [-0.05, 0) is 56.5 Å². The Morgan fingerprint density at radius 1 is 1.29 bits per heavy atom. The summed E-state index contributed by atoms with van der Waals surface area (Å²) in [5.74, 6) is 0. The van der Waals surface area contributed by atoms with E-state index in [1.165, 1.54) is 61.0 Å². The van der Waals surface area contributed by atoms with E-state index in [1.54, 1.807) is 0 Å². The van der Waals surface area contributed by atoms with E-state index in [0.29, 0.717) is 0 Å². The zero-order chi connectivity index (χ0) is 14.7. The van der Waals surface area contributed by atoms with Crippen LogP contribution in [0.1, 0.15) is 31.2 Å². The Morgan fingerprint density at radius 2 is 2.05 bits per heavy atom. The van der Waals surface area contributed by atoms with Gasteiger partial charge in [-0.15, -0.1) is 0 Å². The van der Waals surface area contributed by atoms with Gasteiger partial charge in [-0.2, -0.15) is 0 Å². The van der Waals surface area contributed by atoms with E-state index in [2.05, 4.69) is 56.3 Å². The number of benzene rings is 1. The molecule has 1 aromatic rings. The Bertz CT molecular complexity index is 467. The minimum atomic E-state index is 0.764. The maximum absolute atomic E-state index is 3.73. The molecule has 0 aromatic heterocycles. The number of likely N-dealkylation sites (N-methyl/N-ethyl adjacent to an activating group) is 1. The summed E-state index contributed by atoms with van der Waals surface area (Å²) in [7, 11) is 2.19. The van der Waals surface area contributed by atoms with Crippen LogP contribution in [0.3, 0.4) is 0 Å². The maximum atomic E-state index is 3.73. The van der Waals surface area contributed by atoms with E-state index in [0.717, 1.165) is 19.1 Å². The van der Waals surface area contributed by atoms with E-state index >= 15 is 0 Å². The average molecular weight is 352 g/mol. The van der Waals surface area contributed by atoms with Crippen molar-refractivity contribution in [1.29, 1.82) is 0 Å². The maximum Gasteiger partial charge on any atom is 0.0375 e. The first kappa shape index (κ1) is 15.3. The standard InChI is InChI=1S/C17H26BrN3/c1-20(10-11-21-8-2-3-9-21)16-7-4-14(17(18)12-16)13-19-15-5-6-15/h4,7,12,15,19H,2-3,5-6,8-11,13H2,1H3. The van der Waals surface area contributed by atoms with Gasteiger partial charge in [0, 0.05) is 42.9 Å². The quantitative estimate of drug-likeness (QED) is 0.813. The molecule has 116 valence electrons. The van der Waals surface area contributed by atoms with Crippen LogP contribution >= 0.6 is 15.9 Å². The number of nitrogens with one attached hydrogen (secondary N) is 1. The third kappa shape index (κ3) is 4.44. The lowest BCUT2D eigenvalue weighted by molar-refractivity contribution is 0.346. The van der Waals surface area contributed by atoms with Gasteiger partial charge in [-0.1, -0.05) is 22.0 Å². The van der Waals surface area contributed by atoms with Crippen LogP contribution in [-0.2, 0) is 6.54 Å². The number of anilines is 1. The zero-order valence-electron chi connectivity index (χ0n) is 12.9. The molecule has 2 aliphatic rings. The van der Waals surface area contributed by atoms with Gasteiger partial charge in [0.05, 0.1) is 0 Å². The minimum Gasteiger partial charge on any atom is -0.373 e. The van der Waals surface area contributed by atoms with Crippen LogP contribution < -0.4 is 10.2 Å². The van der Waals surface area contributed by atoms with Crippen molar-refractivity contribution in [3.05, 3.63) is 28.2 Å². The zero-order valence-corrected chi connectivity index (χ0v) is 14.5. The van der Waals surface area contributed by atoms with Crippen molar-refractivity contribution < 1.29 is 0 Å². The number of rotatable bonds is 7. The minimum absolute atomic E-state index is 0.764. The molecular weight excluding hydrogens is 326 g/mol. The second-order valence-corrected chi connectivity index (χ2v) is 7.26. The highest BCUT2D eigenvalue weighted by atomic mass is 79.9. The summed E-state index contributed by atoms with van der Waals surface area (Å²) >= 11 is 3.73. The van der Waals surface area contributed by atoms with Gasteiger partial charge in [-0.25, -0.2) is 0 Å². The van der Waals surface area contributed by atoms with Crippen LogP contribution in [0, 0.1) is 0 Å². The molecule has 1 aliphatic heterocycles. The summed E-state index contributed by atoms with van der Waals surface area (Å²) in [4.78, 5) is 4.93. The molecule has 3 nitrogen and oxygen atoms in total. The highest BCUT2D eigenvalue weighted by Gasteiger charge is 2.20. The lowest BCUT2D eigenvalue weighted by Gasteiger charge is -2.23. The molecule has 0 bridgehead atoms. The summed E-state index contributed by atoms with van der Waals surface area (Å²) in [6.45, 7) is 5.82. The van der Waals surface area contributed by atoms with Crippen molar-refractivity contribution in [2.75, 3.05) is 38.1 Å². The molecule has 2 fully saturated rings. The lowest BCUT2D eigenvalue weighted by Crippen LogP contribution is -2.31. The highest BCUT2D eigenvalue weighted by molar-refractivity contribution is 9.10. The molecule has 0 unspecified atom stereocenters. The molecule has 0 radical (unpaired) electrons. The van der Waals surface area contributed by atoms with Crippen molar-refractivity contribution in [2.24, 2.45) is 0 Å². The molecular formula is C17H26BrN3. The van der Waals surface area contributed by atoms with E-state index in [1.807, 2.05) is 0 Å². The van der Waals surface area contributed by atoms with Crippen LogP contribution in [-0.4, -0.2) is 44.2 Å². The number of hydrogen-bond acceptors (Lipinski definition) is 3. The molecule has 0 atom stereocenters. The average Bonchev–Trinajstić information content (AvgIpc) is 3.17. The van der Waals surface area contributed by atoms with Gasteiger partial charge < -0.3 is 15.1 Å². The number of nitrogens with zero attached hydrogens (tertiary/aromatic N) is 2. The summed E-state index contributed by atoms with van der Waals surface area (Å²) < 4.78 is 1.22. The molecule has 21 heavy (non-hydrogen) atoms. The Morgan fingerprint density at radius 3 is 2.71 bits per heavy atom. The normalized spacial score (nSPS) is 19.1. The van der Waals surface area contributed by atoms with Crippen LogP contribution in [0.25, 0.3) is 0 Å². The van der Waals surface area contributed by atoms with E-state index in [-0.39, 0.29) is 0 Å². The van der Waals surface area contributed by atoms with Gasteiger partial charge >= 0.3 is 0 Å². The van der Waals surface area contributed by atoms with Crippen molar-refractivity contribution in [1.82, 2.24) is 10.2 Å². The Balaban J connectivity index is 1.52. The van der Waals surface area contributed by atoms with E-state index in [9.17, 15) is 0 Å². The monoisotopic (exact) mass is 351 g/mol. The Labute approximate surface area is 136 Å². The Hall–Kier alpha value is -0.580. The third-order valence-corrected chi connectivity index (χ3v) is 5.32. The van der Waals surface area contributed by atoms with Crippen LogP contribution in [0.15, 0.2) is 22.7 Å². The first-order valence-electron chi connectivity index (χ1n) is 8.18. The van der Waals surface area contributed by atoms with E-state index < -0.39 is 0 Å². The summed E-state index contributed by atoms with van der Waals surface area (Å²) in [5, 5.41) is 3.57. The Kier molecular flexibility index (Phi) is 5.19. The second kappa shape index (κ2) is 7.12. The van der Waals surface area contributed by atoms with Crippen molar-refractivity contribution in [3.8, 4) is 0 Å². The van der Waals surface area contributed by atoms with Gasteiger partial charge in [0.1, 0.15) is 0 Å². The fourth-order valence-electron chi connectivity index (χ4n) is 2.89. The third-order valence-electron chi connectivity index (χ3n) is 4.59. The second-order valence-electron chi connectivity index (χ2n) is 6.40.